The molecule has 0 radical (unpaired) electrons. The van der Waals surface area contributed by atoms with E-state index in [0.29, 0.717) is 12.3 Å². The molecule has 1 fully saturated rings. The van der Waals surface area contributed by atoms with Crippen molar-refractivity contribution in [3.05, 3.63) is 12.2 Å². The molecular weight excluding hydrogens is 152 g/mol. The highest BCUT2D eigenvalue weighted by molar-refractivity contribution is 5.84. The van der Waals surface area contributed by atoms with Crippen molar-refractivity contribution in [1.82, 2.24) is 0 Å². The first-order valence-electron chi connectivity index (χ1n) is 4.66. The standard InChI is InChI=1S/C10H14O2/c11-8-5-1-3-7-4-2-6-9(12)10(7)8/h1,3,7,9-10,12H,2,4-6H2. The average molecular weight is 166 g/mol. The maximum absolute atomic E-state index is 11.4. The third-order valence-corrected chi connectivity index (χ3v) is 2.99. The SMILES string of the molecule is O=C1CC=CC2CCCC(O)C12. The van der Waals surface area contributed by atoms with Gasteiger partial charge in [0.05, 0.1) is 12.0 Å². The summed E-state index contributed by atoms with van der Waals surface area (Å²) in [6.45, 7) is 0. The van der Waals surface area contributed by atoms with Crippen LogP contribution in [0.4, 0.5) is 0 Å². The molecule has 12 heavy (non-hydrogen) atoms. The van der Waals surface area contributed by atoms with Gasteiger partial charge in [-0.25, -0.2) is 0 Å². The average Bonchev–Trinajstić information content (AvgIpc) is 2.04. The molecule has 0 bridgehead atoms. The van der Waals surface area contributed by atoms with Crippen LogP contribution >= 0.6 is 0 Å². The predicted octanol–water partition coefficient (Wildman–Crippen LogP) is 1.29. The second kappa shape index (κ2) is 3.02. The quantitative estimate of drug-likeness (QED) is 0.551. The van der Waals surface area contributed by atoms with Crippen molar-refractivity contribution in [2.24, 2.45) is 11.8 Å². The lowest BCUT2D eigenvalue weighted by molar-refractivity contribution is -0.129. The summed E-state index contributed by atoms with van der Waals surface area (Å²) in [5, 5.41) is 9.62. The summed E-state index contributed by atoms with van der Waals surface area (Å²) in [7, 11) is 0. The minimum Gasteiger partial charge on any atom is -0.392 e. The number of hydrogen-bond donors (Lipinski definition) is 1. The van der Waals surface area contributed by atoms with Gasteiger partial charge in [0.2, 0.25) is 0 Å². The van der Waals surface area contributed by atoms with Gasteiger partial charge in [-0.05, 0) is 18.8 Å². The van der Waals surface area contributed by atoms with Crippen LogP contribution in [0.15, 0.2) is 12.2 Å². The summed E-state index contributed by atoms with van der Waals surface area (Å²) in [4.78, 5) is 11.4. The molecule has 0 saturated heterocycles. The van der Waals surface area contributed by atoms with E-state index < -0.39 is 0 Å². The topological polar surface area (TPSA) is 37.3 Å². The number of fused-ring (bicyclic) bond motifs is 1. The van der Waals surface area contributed by atoms with Crippen molar-refractivity contribution in [2.45, 2.75) is 31.8 Å². The first kappa shape index (κ1) is 7.99. The number of hydrogen-bond acceptors (Lipinski definition) is 2. The first-order valence-corrected chi connectivity index (χ1v) is 4.66. The third kappa shape index (κ3) is 1.20. The molecule has 1 saturated carbocycles. The minimum atomic E-state index is -0.374. The van der Waals surface area contributed by atoms with E-state index >= 15 is 0 Å². The van der Waals surface area contributed by atoms with Gasteiger partial charge in [-0.2, -0.15) is 0 Å². The van der Waals surface area contributed by atoms with Crippen LogP contribution in [0.5, 0.6) is 0 Å². The zero-order chi connectivity index (χ0) is 8.55. The number of carbonyl (C=O) groups is 1. The van der Waals surface area contributed by atoms with Crippen molar-refractivity contribution in [2.75, 3.05) is 0 Å². The fourth-order valence-corrected chi connectivity index (χ4v) is 2.37. The Labute approximate surface area is 72.3 Å². The van der Waals surface area contributed by atoms with Gasteiger partial charge in [-0.15, -0.1) is 0 Å². The van der Waals surface area contributed by atoms with E-state index in [1.807, 2.05) is 6.08 Å². The Hall–Kier alpha value is -0.630. The van der Waals surface area contributed by atoms with E-state index in [1.54, 1.807) is 0 Å². The molecule has 0 aliphatic heterocycles. The van der Waals surface area contributed by atoms with E-state index in [0.717, 1.165) is 19.3 Å². The number of allylic oxidation sites excluding steroid dienone is 2. The molecule has 0 heterocycles. The van der Waals surface area contributed by atoms with Crippen LogP contribution in [-0.2, 0) is 4.79 Å². The second-order valence-corrected chi connectivity index (χ2v) is 3.79. The van der Waals surface area contributed by atoms with E-state index in [4.69, 9.17) is 0 Å². The van der Waals surface area contributed by atoms with E-state index in [2.05, 4.69) is 6.08 Å². The van der Waals surface area contributed by atoms with Crippen LogP contribution in [0.2, 0.25) is 0 Å². The van der Waals surface area contributed by atoms with E-state index in [-0.39, 0.29) is 17.8 Å². The molecule has 0 aromatic heterocycles. The van der Waals surface area contributed by atoms with Gasteiger partial charge in [0, 0.05) is 6.42 Å². The zero-order valence-corrected chi connectivity index (χ0v) is 7.07. The van der Waals surface area contributed by atoms with Crippen molar-refractivity contribution >= 4 is 5.78 Å². The number of ketones is 1. The molecule has 0 aromatic carbocycles. The second-order valence-electron chi connectivity index (χ2n) is 3.79. The Morgan fingerprint density at radius 3 is 3.00 bits per heavy atom. The van der Waals surface area contributed by atoms with E-state index in [1.165, 1.54) is 0 Å². The highest BCUT2D eigenvalue weighted by Crippen LogP contribution is 2.35. The summed E-state index contributed by atoms with van der Waals surface area (Å²) in [5.74, 6) is 0.480. The first-order chi connectivity index (χ1) is 5.79. The molecule has 2 aliphatic rings. The van der Waals surface area contributed by atoms with Gasteiger partial charge in [-0.3, -0.25) is 4.79 Å². The maximum atomic E-state index is 11.4. The molecule has 2 rings (SSSR count). The Kier molecular flexibility index (Phi) is 2.01. The number of aliphatic hydroxyl groups is 1. The molecule has 1 N–H and O–H groups in total. The fourth-order valence-electron chi connectivity index (χ4n) is 2.37. The Morgan fingerprint density at radius 2 is 2.25 bits per heavy atom. The number of rotatable bonds is 0. The van der Waals surface area contributed by atoms with Gasteiger partial charge in [0.25, 0.3) is 0 Å². The van der Waals surface area contributed by atoms with Crippen molar-refractivity contribution in [1.29, 1.82) is 0 Å². The highest BCUT2D eigenvalue weighted by Gasteiger charge is 2.36. The number of Topliss-reactive ketones (excluding diaryl/α,β-unsaturated/α-hetero) is 1. The highest BCUT2D eigenvalue weighted by atomic mass is 16.3. The third-order valence-electron chi connectivity index (χ3n) is 2.99. The Morgan fingerprint density at radius 1 is 1.42 bits per heavy atom. The summed E-state index contributed by atoms with van der Waals surface area (Å²) < 4.78 is 0. The van der Waals surface area contributed by atoms with Crippen LogP contribution in [0.3, 0.4) is 0 Å². The molecule has 0 amide bonds. The lowest BCUT2D eigenvalue weighted by Gasteiger charge is -2.34. The fraction of sp³-hybridized carbons (Fsp3) is 0.700. The summed E-state index contributed by atoms with van der Waals surface area (Å²) in [6.07, 6.45) is 7.14. The van der Waals surface area contributed by atoms with Crippen LogP contribution in [0.1, 0.15) is 25.7 Å². The van der Waals surface area contributed by atoms with Gasteiger partial charge in [0.1, 0.15) is 5.78 Å². The molecular formula is C10H14O2. The molecule has 66 valence electrons. The molecule has 0 spiro atoms. The summed E-state index contributed by atoms with van der Waals surface area (Å²) >= 11 is 0. The molecule has 2 heteroatoms. The van der Waals surface area contributed by atoms with Crippen LogP contribution in [0, 0.1) is 11.8 Å². The lowest BCUT2D eigenvalue weighted by Crippen LogP contribution is -2.38. The maximum Gasteiger partial charge on any atom is 0.142 e. The Balaban J connectivity index is 2.21. The monoisotopic (exact) mass is 166 g/mol. The van der Waals surface area contributed by atoms with Gasteiger partial charge < -0.3 is 5.11 Å². The lowest BCUT2D eigenvalue weighted by atomic mass is 9.72. The smallest absolute Gasteiger partial charge is 0.142 e. The molecule has 2 nitrogen and oxygen atoms in total. The van der Waals surface area contributed by atoms with Crippen LogP contribution in [-0.4, -0.2) is 17.0 Å². The van der Waals surface area contributed by atoms with Gasteiger partial charge in [-0.1, -0.05) is 18.6 Å². The Bertz CT molecular complexity index is 220. The van der Waals surface area contributed by atoms with Crippen molar-refractivity contribution in [3.63, 3.8) is 0 Å². The minimum absolute atomic E-state index is 0.0799. The molecule has 3 unspecified atom stereocenters. The zero-order valence-electron chi connectivity index (χ0n) is 7.07. The largest absolute Gasteiger partial charge is 0.392 e. The van der Waals surface area contributed by atoms with Crippen LogP contribution < -0.4 is 0 Å². The van der Waals surface area contributed by atoms with Crippen LogP contribution in [0.25, 0.3) is 0 Å². The van der Waals surface area contributed by atoms with Crippen molar-refractivity contribution < 1.29 is 9.90 Å². The summed E-state index contributed by atoms with van der Waals surface area (Å²) in [5.41, 5.74) is 0. The van der Waals surface area contributed by atoms with Crippen molar-refractivity contribution in [3.8, 4) is 0 Å². The van der Waals surface area contributed by atoms with Gasteiger partial charge >= 0.3 is 0 Å². The number of carbonyl (C=O) groups excluding carboxylic acids is 1. The predicted molar refractivity (Wildman–Crippen MR) is 45.6 cm³/mol. The molecule has 3 atom stereocenters. The van der Waals surface area contributed by atoms with Gasteiger partial charge in [0.15, 0.2) is 0 Å². The normalized spacial score (nSPS) is 41.1. The number of aliphatic hydroxyl groups excluding tert-OH is 1. The summed E-state index contributed by atoms with van der Waals surface area (Å²) in [6, 6.07) is 0. The van der Waals surface area contributed by atoms with E-state index in [9.17, 15) is 9.90 Å². The molecule has 0 aromatic rings. The molecule has 2 aliphatic carbocycles.